The first-order chi connectivity index (χ1) is 10.1. The maximum absolute atomic E-state index is 12.2. The van der Waals surface area contributed by atoms with Crippen molar-refractivity contribution in [1.29, 1.82) is 0 Å². The molecule has 1 N–H and O–H groups in total. The molecule has 0 bridgehead atoms. The second-order valence-corrected chi connectivity index (χ2v) is 5.34. The Kier molecular flexibility index (Phi) is 4.99. The summed E-state index contributed by atoms with van der Waals surface area (Å²) in [6.07, 6.45) is 1.28. The molecule has 0 aliphatic carbocycles. The Hall–Kier alpha value is -2.29. The Morgan fingerprint density at radius 2 is 1.76 bits per heavy atom. The number of rotatable bonds is 5. The number of nitrogens with zero attached hydrogens (tertiary/aromatic N) is 1. The average molecular weight is 283 g/mol. The molecule has 0 atom stereocenters. The third-order valence-electron chi connectivity index (χ3n) is 3.65. The van der Waals surface area contributed by atoms with E-state index in [9.17, 15) is 9.90 Å². The molecule has 21 heavy (non-hydrogen) atoms. The number of benzene rings is 2. The fraction of sp³-hybridized carbons (Fsp3) is 0.278. The molecule has 1 amide bonds. The van der Waals surface area contributed by atoms with Crippen molar-refractivity contribution >= 4 is 5.91 Å². The van der Waals surface area contributed by atoms with E-state index in [4.69, 9.17) is 0 Å². The van der Waals surface area contributed by atoms with Crippen LogP contribution in [0.4, 0.5) is 0 Å². The van der Waals surface area contributed by atoms with Crippen molar-refractivity contribution in [3.8, 4) is 5.75 Å². The Morgan fingerprint density at radius 1 is 1.10 bits per heavy atom. The van der Waals surface area contributed by atoms with Gasteiger partial charge in [0.15, 0.2) is 0 Å². The lowest BCUT2D eigenvalue weighted by molar-refractivity contribution is -0.130. The van der Waals surface area contributed by atoms with Gasteiger partial charge in [0.05, 0.1) is 0 Å². The molecular formula is C18H21NO2. The lowest BCUT2D eigenvalue weighted by atomic mass is 10.0. The maximum Gasteiger partial charge on any atom is 0.222 e. The van der Waals surface area contributed by atoms with Crippen molar-refractivity contribution in [2.24, 2.45) is 0 Å². The molecule has 0 unspecified atom stereocenters. The van der Waals surface area contributed by atoms with Gasteiger partial charge < -0.3 is 10.0 Å². The fourth-order valence-electron chi connectivity index (χ4n) is 2.29. The highest BCUT2D eigenvalue weighted by molar-refractivity contribution is 5.76. The second kappa shape index (κ2) is 6.93. The Balaban J connectivity index is 1.88. The minimum absolute atomic E-state index is 0.131. The van der Waals surface area contributed by atoms with Crippen LogP contribution < -0.4 is 0 Å². The van der Waals surface area contributed by atoms with Crippen LogP contribution in [-0.2, 0) is 17.8 Å². The minimum atomic E-state index is 0.131. The highest BCUT2D eigenvalue weighted by atomic mass is 16.3. The van der Waals surface area contributed by atoms with Gasteiger partial charge in [-0.1, -0.05) is 36.4 Å². The molecule has 0 fully saturated rings. The van der Waals surface area contributed by atoms with Gasteiger partial charge in [0, 0.05) is 20.0 Å². The number of aryl methyl sites for hydroxylation is 2. The lowest BCUT2D eigenvalue weighted by Gasteiger charge is -2.17. The van der Waals surface area contributed by atoms with Crippen LogP contribution in [-0.4, -0.2) is 23.0 Å². The normalized spacial score (nSPS) is 10.4. The summed E-state index contributed by atoms with van der Waals surface area (Å²) in [7, 11) is 1.81. The number of hydrogen-bond donors (Lipinski definition) is 1. The molecule has 0 aromatic heterocycles. The summed E-state index contributed by atoms with van der Waals surface area (Å²) in [5.74, 6) is 0.374. The fourth-order valence-corrected chi connectivity index (χ4v) is 2.29. The van der Waals surface area contributed by atoms with Crippen LogP contribution in [0.25, 0.3) is 0 Å². The Labute approximate surface area is 125 Å². The number of phenols is 1. The summed E-state index contributed by atoms with van der Waals surface area (Å²) in [6.45, 7) is 2.63. The molecule has 2 rings (SSSR count). The SMILES string of the molecule is Cc1ccccc1CCC(=O)N(C)Cc1ccc(O)cc1. The van der Waals surface area contributed by atoms with Crippen LogP contribution in [0.2, 0.25) is 0 Å². The van der Waals surface area contributed by atoms with Crippen LogP contribution >= 0.6 is 0 Å². The summed E-state index contributed by atoms with van der Waals surface area (Å²) in [5.41, 5.74) is 3.47. The van der Waals surface area contributed by atoms with Crippen LogP contribution in [0.3, 0.4) is 0 Å². The zero-order chi connectivity index (χ0) is 15.2. The minimum Gasteiger partial charge on any atom is -0.508 e. The van der Waals surface area contributed by atoms with E-state index in [2.05, 4.69) is 19.1 Å². The molecule has 0 saturated carbocycles. The monoisotopic (exact) mass is 283 g/mol. The molecule has 0 aliphatic heterocycles. The van der Waals surface area contributed by atoms with Crippen molar-refractivity contribution in [2.45, 2.75) is 26.3 Å². The quantitative estimate of drug-likeness (QED) is 0.914. The van der Waals surface area contributed by atoms with Crippen molar-refractivity contribution in [2.75, 3.05) is 7.05 Å². The van der Waals surface area contributed by atoms with Crippen molar-refractivity contribution in [3.63, 3.8) is 0 Å². The van der Waals surface area contributed by atoms with Crippen LogP contribution in [0.5, 0.6) is 5.75 Å². The van der Waals surface area contributed by atoms with E-state index in [1.165, 1.54) is 11.1 Å². The zero-order valence-electron chi connectivity index (χ0n) is 12.5. The Bertz CT molecular complexity index is 605. The topological polar surface area (TPSA) is 40.5 Å². The summed E-state index contributed by atoms with van der Waals surface area (Å²) >= 11 is 0. The van der Waals surface area contributed by atoms with E-state index >= 15 is 0 Å². The standard InChI is InChI=1S/C18H21NO2/c1-14-5-3-4-6-16(14)9-12-18(21)19(2)13-15-7-10-17(20)11-8-15/h3-8,10-11,20H,9,12-13H2,1-2H3. The van der Waals surface area contributed by atoms with E-state index in [0.717, 1.165) is 12.0 Å². The van der Waals surface area contributed by atoms with Gasteiger partial charge in [-0.15, -0.1) is 0 Å². The van der Waals surface area contributed by atoms with Gasteiger partial charge in [-0.05, 0) is 42.2 Å². The molecular weight excluding hydrogens is 262 g/mol. The van der Waals surface area contributed by atoms with E-state index in [0.29, 0.717) is 13.0 Å². The summed E-state index contributed by atoms with van der Waals surface area (Å²) in [6, 6.07) is 15.1. The maximum atomic E-state index is 12.2. The van der Waals surface area contributed by atoms with Crippen LogP contribution in [0.15, 0.2) is 48.5 Å². The smallest absolute Gasteiger partial charge is 0.222 e. The molecule has 3 heteroatoms. The molecule has 0 saturated heterocycles. The number of amides is 1. The van der Waals surface area contributed by atoms with Gasteiger partial charge >= 0.3 is 0 Å². The van der Waals surface area contributed by atoms with Crippen molar-refractivity contribution in [1.82, 2.24) is 4.90 Å². The van der Waals surface area contributed by atoms with Crippen molar-refractivity contribution in [3.05, 3.63) is 65.2 Å². The van der Waals surface area contributed by atoms with Gasteiger partial charge in [0.25, 0.3) is 0 Å². The summed E-state index contributed by atoms with van der Waals surface area (Å²) in [5, 5.41) is 9.26. The molecule has 2 aromatic carbocycles. The summed E-state index contributed by atoms with van der Waals surface area (Å²) < 4.78 is 0. The van der Waals surface area contributed by atoms with Gasteiger partial charge in [0.1, 0.15) is 5.75 Å². The summed E-state index contributed by atoms with van der Waals surface area (Å²) in [4.78, 5) is 13.9. The first-order valence-electron chi connectivity index (χ1n) is 7.12. The van der Waals surface area contributed by atoms with Gasteiger partial charge in [-0.3, -0.25) is 4.79 Å². The number of phenolic OH excluding ortho intramolecular Hbond substituents is 1. The molecule has 0 spiro atoms. The lowest BCUT2D eigenvalue weighted by Crippen LogP contribution is -2.26. The average Bonchev–Trinajstić information content (AvgIpc) is 2.48. The van der Waals surface area contributed by atoms with Crippen LogP contribution in [0.1, 0.15) is 23.1 Å². The number of hydrogen-bond acceptors (Lipinski definition) is 2. The number of aromatic hydroxyl groups is 1. The van der Waals surface area contributed by atoms with Gasteiger partial charge in [-0.2, -0.15) is 0 Å². The highest BCUT2D eigenvalue weighted by Crippen LogP contribution is 2.13. The molecule has 0 heterocycles. The molecule has 2 aromatic rings. The van der Waals surface area contributed by atoms with E-state index in [1.807, 2.05) is 31.3 Å². The van der Waals surface area contributed by atoms with Gasteiger partial charge in [-0.25, -0.2) is 0 Å². The Morgan fingerprint density at radius 3 is 2.43 bits per heavy atom. The predicted molar refractivity (Wildman–Crippen MR) is 84.1 cm³/mol. The highest BCUT2D eigenvalue weighted by Gasteiger charge is 2.10. The van der Waals surface area contributed by atoms with E-state index in [-0.39, 0.29) is 11.7 Å². The molecule has 3 nitrogen and oxygen atoms in total. The molecule has 110 valence electrons. The third-order valence-corrected chi connectivity index (χ3v) is 3.65. The molecule has 0 radical (unpaired) electrons. The van der Waals surface area contributed by atoms with E-state index < -0.39 is 0 Å². The second-order valence-electron chi connectivity index (χ2n) is 5.34. The number of carbonyl (C=O) groups excluding carboxylic acids is 1. The largest absolute Gasteiger partial charge is 0.508 e. The van der Waals surface area contributed by atoms with Crippen molar-refractivity contribution < 1.29 is 9.90 Å². The zero-order valence-corrected chi connectivity index (χ0v) is 12.5. The first kappa shape index (κ1) is 15.1. The van der Waals surface area contributed by atoms with Gasteiger partial charge in [0.2, 0.25) is 5.91 Å². The van der Waals surface area contributed by atoms with E-state index in [1.54, 1.807) is 17.0 Å². The third kappa shape index (κ3) is 4.35. The predicted octanol–water partition coefficient (Wildman–Crippen LogP) is 3.29. The number of carbonyl (C=O) groups is 1. The molecule has 0 aliphatic rings. The first-order valence-corrected chi connectivity index (χ1v) is 7.12. The van der Waals surface area contributed by atoms with Crippen LogP contribution in [0, 0.1) is 6.92 Å².